The van der Waals surface area contributed by atoms with Gasteiger partial charge in [-0.25, -0.2) is 12.8 Å². The average molecular weight is 339 g/mol. The fourth-order valence-electron chi connectivity index (χ4n) is 1.19. The minimum atomic E-state index is -3.22. The molecule has 102 valence electrons. The monoisotopic (exact) mass is 338 g/mol. The molecule has 1 rings (SSSR count). The minimum absolute atomic E-state index is 0.00942. The molecule has 0 heterocycles. The minimum Gasteiger partial charge on any atom is -0.492 e. The Hall–Kier alpha value is -0.620. The van der Waals surface area contributed by atoms with Crippen LogP contribution in [-0.2, 0) is 9.84 Å². The van der Waals surface area contributed by atoms with E-state index in [-0.39, 0.29) is 12.4 Å². The molecular weight excluding hydrogens is 323 g/mol. The Bertz CT molecular complexity index is 500. The van der Waals surface area contributed by atoms with Crippen molar-refractivity contribution in [3.8, 4) is 5.75 Å². The van der Waals surface area contributed by atoms with Crippen molar-refractivity contribution in [3.05, 3.63) is 28.5 Å². The van der Waals surface area contributed by atoms with Crippen LogP contribution in [-0.4, -0.2) is 25.5 Å². The number of benzene rings is 1. The molecule has 0 spiro atoms. The third kappa shape index (κ3) is 4.24. The van der Waals surface area contributed by atoms with E-state index in [4.69, 9.17) is 4.74 Å². The molecule has 0 aliphatic heterocycles. The highest BCUT2D eigenvalue weighted by atomic mass is 79.9. The van der Waals surface area contributed by atoms with Crippen LogP contribution >= 0.6 is 15.9 Å². The summed E-state index contributed by atoms with van der Waals surface area (Å²) in [5.74, 6) is -0.214. The number of rotatable bonds is 4. The molecule has 0 aliphatic carbocycles. The summed E-state index contributed by atoms with van der Waals surface area (Å²) in [4.78, 5) is 0. The van der Waals surface area contributed by atoms with Crippen LogP contribution in [0.5, 0.6) is 5.75 Å². The van der Waals surface area contributed by atoms with E-state index in [0.29, 0.717) is 10.2 Å². The third-order valence-corrected chi connectivity index (χ3v) is 5.42. The van der Waals surface area contributed by atoms with Gasteiger partial charge in [0.1, 0.15) is 18.2 Å². The lowest BCUT2D eigenvalue weighted by molar-refractivity contribution is 0.337. The molecule has 3 nitrogen and oxygen atoms in total. The SMILES string of the molecule is CC(C)(C)S(=O)(=O)CCOc1cc(F)cc(Br)c1. The normalized spacial score (nSPS) is 12.5. The van der Waals surface area contributed by atoms with Crippen molar-refractivity contribution < 1.29 is 17.5 Å². The Balaban J connectivity index is 2.63. The molecule has 0 saturated carbocycles. The van der Waals surface area contributed by atoms with Crippen LogP contribution in [0.3, 0.4) is 0 Å². The first kappa shape index (κ1) is 15.4. The maximum atomic E-state index is 13.1. The van der Waals surface area contributed by atoms with Gasteiger partial charge in [0.25, 0.3) is 0 Å². The zero-order chi connectivity index (χ0) is 14.0. The highest BCUT2D eigenvalue weighted by Gasteiger charge is 2.28. The van der Waals surface area contributed by atoms with Crippen molar-refractivity contribution in [2.45, 2.75) is 25.5 Å². The van der Waals surface area contributed by atoms with Gasteiger partial charge in [-0.15, -0.1) is 0 Å². The van der Waals surface area contributed by atoms with Crippen LogP contribution in [0.4, 0.5) is 4.39 Å². The first-order chi connectivity index (χ1) is 8.12. The van der Waals surface area contributed by atoms with Crippen LogP contribution in [0.1, 0.15) is 20.8 Å². The fraction of sp³-hybridized carbons (Fsp3) is 0.500. The zero-order valence-electron chi connectivity index (χ0n) is 10.5. The molecule has 0 amide bonds. The van der Waals surface area contributed by atoms with E-state index in [0.717, 1.165) is 0 Å². The number of sulfone groups is 1. The van der Waals surface area contributed by atoms with Gasteiger partial charge in [-0.1, -0.05) is 15.9 Å². The summed E-state index contributed by atoms with van der Waals surface area (Å²) >= 11 is 3.14. The lowest BCUT2D eigenvalue weighted by atomic mass is 10.3. The van der Waals surface area contributed by atoms with Crippen LogP contribution in [0, 0.1) is 5.82 Å². The van der Waals surface area contributed by atoms with Gasteiger partial charge in [-0.05, 0) is 32.9 Å². The third-order valence-electron chi connectivity index (χ3n) is 2.39. The predicted molar refractivity (Wildman–Crippen MR) is 73.1 cm³/mol. The molecule has 0 atom stereocenters. The summed E-state index contributed by atoms with van der Waals surface area (Å²) in [7, 11) is -3.22. The number of ether oxygens (including phenoxy) is 1. The van der Waals surface area contributed by atoms with Crippen molar-refractivity contribution in [1.29, 1.82) is 0 Å². The van der Waals surface area contributed by atoms with Gasteiger partial charge in [0.15, 0.2) is 9.84 Å². The Labute approximate surface area is 115 Å². The summed E-state index contributed by atoms with van der Waals surface area (Å²) in [6, 6.07) is 4.11. The molecule has 1 aromatic rings. The van der Waals surface area contributed by atoms with Crippen molar-refractivity contribution in [2.75, 3.05) is 12.4 Å². The van der Waals surface area contributed by atoms with Crippen LogP contribution in [0.2, 0.25) is 0 Å². The summed E-state index contributed by atoms with van der Waals surface area (Å²) in [5.41, 5.74) is 0. The number of hydrogen-bond acceptors (Lipinski definition) is 3. The van der Waals surface area contributed by atoms with Crippen LogP contribution < -0.4 is 4.74 Å². The Morgan fingerprint density at radius 2 is 1.89 bits per heavy atom. The molecule has 0 N–H and O–H groups in total. The second-order valence-corrected chi connectivity index (χ2v) is 8.66. The quantitative estimate of drug-likeness (QED) is 0.846. The van der Waals surface area contributed by atoms with Gasteiger partial charge in [-0.3, -0.25) is 0 Å². The second-order valence-electron chi connectivity index (χ2n) is 4.88. The molecular formula is C12H16BrFO3S. The van der Waals surface area contributed by atoms with E-state index in [9.17, 15) is 12.8 Å². The van der Waals surface area contributed by atoms with Gasteiger partial charge in [0, 0.05) is 10.5 Å². The van der Waals surface area contributed by atoms with Crippen LogP contribution in [0.25, 0.3) is 0 Å². The van der Waals surface area contributed by atoms with E-state index in [1.165, 1.54) is 12.1 Å². The molecule has 0 bridgehead atoms. The predicted octanol–water partition coefficient (Wildman–Crippen LogP) is 3.18. The fourth-order valence-corrected chi connectivity index (χ4v) is 2.55. The average Bonchev–Trinajstić information content (AvgIpc) is 2.13. The molecule has 1 aromatic carbocycles. The van der Waals surface area contributed by atoms with E-state index >= 15 is 0 Å². The van der Waals surface area contributed by atoms with Gasteiger partial charge < -0.3 is 4.74 Å². The van der Waals surface area contributed by atoms with Crippen molar-refractivity contribution in [2.24, 2.45) is 0 Å². The lowest BCUT2D eigenvalue weighted by Gasteiger charge is -2.19. The maximum absolute atomic E-state index is 13.1. The highest BCUT2D eigenvalue weighted by molar-refractivity contribution is 9.10. The number of halogens is 2. The van der Waals surface area contributed by atoms with Crippen LogP contribution in [0.15, 0.2) is 22.7 Å². The Morgan fingerprint density at radius 1 is 1.28 bits per heavy atom. The highest BCUT2D eigenvalue weighted by Crippen LogP contribution is 2.21. The Morgan fingerprint density at radius 3 is 2.39 bits per heavy atom. The summed E-state index contributed by atoms with van der Waals surface area (Å²) in [5, 5.41) is 0. The molecule has 0 unspecified atom stereocenters. The molecule has 18 heavy (non-hydrogen) atoms. The first-order valence-electron chi connectivity index (χ1n) is 5.43. The molecule has 0 aliphatic rings. The van der Waals surface area contributed by atoms with E-state index in [1.54, 1.807) is 26.8 Å². The lowest BCUT2D eigenvalue weighted by Crippen LogP contribution is -2.32. The smallest absolute Gasteiger partial charge is 0.158 e. The maximum Gasteiger partial charge on any atom is 0.158 e. The Kier molecular flexibility index (Phi) is 4.78. The summed E-state index contributed by atoms with van der Waals surface area (Å²) in [6.45, 7) is 4.93. The van der Waals surface area contributed by atoms with E-state index in [1.807, 2.05) is 0 Å². The molecule has 0 fully saturated rings. The molecule has 0 aromatic heterocycles. The number of hydrogen-bond donors (Lipinski definition) is 0. The summed E-state index contributed by atoms with van der Waals surface area (Å²) < 4.78 is 41.7. The van der Waals surface area contributed by atoms with Crippen molar-refractivity contribution >= 4 is 25.8 Å². The largest absolute Gasteiger partial charge is 0.492 e. The topological polar surface area (TPSA) is 43.4 Å². The molecule has 0 radical (unpaired) electrons. The zero-order valence-corrected chi connectivity index (χ0v) is 12.9. The van der Waals surface area contributed by atoms with E-state index in [2.05, 4.69) is 15.9 Å². The van der Waals surface area contributed by atoms with Gasteiger partial charge in [-0.2, -0.15) is 0 Å². The summed E-state index contributed by atoms with van der Waals surface area (Å²) in [6.07, 6.45) is 0. The standard InChI is InChI=1S/C12H16BrFO3S/c1-12(2,3)18(15,16)5-4-17-11-7-9(13)6-10(14)8-11/h6-8H,4-5H2,1-3H3. The van der Waals surface area contributed by atoms with Crippen molar-refractivity contribution in [3.63, 3.8) is 0 Å². The van der Waals surface area contributed by atoms with Gasteiger partial charge >= 0.3 is 0 Å². The van der Waals surface area contributed by atoms with Crippen molar-refractivity contribution in [1.82, 2.24) is 0 Å². The van der Waals surface area contributed by atoms with E-state index < -0.39 is 20.4 Å². The van der Waals surface area contributed by atoms with Gasteiger partial charge in [0.05, 0.1) is 10.5 Å². The second kappa shape index (κ2) is 5.57. The van der Waals surface area contributed by atoms with Gasteiger partial charge in [0.2, 0.25) is 0 Å². The first-order valence-corrected chi connectivity index (χ1v) is 7.87. The molecule has 0 saturated heterocycles. The molecule has 6 heteroatoms.